The van der Waals surface area contributed by atoms with Crippen LogP contribution in [0.25, 0.3) is 0 Å². The molecule has 0 radical (unpaired) electrons. The fourth-order valence-electron chi connectivity index (χ4n) is 6.43. The SMILES string of the molecule is COc1ccc([C@H](Cc2c(Cl)c[nH+]cc2Cl)OC(=O)c2cccc(CN(C(=O)O[C@H]3CN4CCC3CC4)c3ccc(F)cc3)c2)cc1OC.[OH-]. The number of carbonyl (C=O) groups excluding carboxylic acids is 2. The summed E-state index contributed by atoms with van der Waals surface area (Å²) in [5.41, 5.74) is 2.63. The van der Waals surface area contributed by atoms with Crippen LogP contribution < -0.4 is 19.4 Å². The van der Waals surface area contributed by atoms with Gasteiger partial charge in [-0.3, -0.25) is 9.80 Å². The van der Waals surface area contributed by atoms with Crippen LogP contribution in [0.5, 0.6) is 11.5 Å². The van der Waals surface area contributed by atoms with Gasteiger partial charge in [0.1, 0.15) is 28.1 Å². The molecule has 10 nitrogen and oxygen atoms in total. The van der Waals surface area contributed by atoms with Crippen LogP contribution >= 0.6 is 23.2 Å². The quantitative estimate of drug-likeness (QED) is 0.149. The summed E-state index contributed by atoms with van der Waals surface area (Å²) >= 11 is 13.0. The monoisotopic (exact) mass is 725 g/mol. The van der Waals surface area contributed by atoms with Gasteiger partial charge in [-0.1, -0.05) is 41.4 Å². The summed E-state index contributed by atoms with van der Waals surface area (Å²) < 4.78 is 36.9. The van der Waals surface area contributed by atoms with Gasteiger partial charge in [0, 0.05) is 24.2 Å². The Balaban J connectivity index is 0.00000486. The zero-order valence-corrected chi connectivity index (χ0v) is 29.1. The third kappa shape index (κ3) is 8.47. The van der Waals surface area contributed by atoms with Crippen molar-refractivity contribution in [3.8, 4) is 11.5 Å². The van der Waals surface area contributed by atoms with E-state index in [4.69, 9.17) is 42.1 Å². The molecule has 13 heteroatoms. The largest absolute Gasteiger partial charge is 0.870 e. The number of H-pyrrole nitrogens is 1. The second-order valence-electron chi connectivity index (χ2n) is 12.2. The van der Waals surface area contributed by atoms with Crippen LogP contribution in [-0.4, -0.2) is 62.4 Å². The van der Waals surface area contributed by atoms with Gasteiger partial charge >= 0.3 is 12.1 Å². The number of carbonyl (C=O) groups is 2. The summed E-state index contributed by atoms with van der Waals surface area (Å²) in [6.45, 7) is 2.81. The maximum Gasteiger partial charge on any atom is 0.414 e. The number of aromatic nitrogens is 1. The molecular formula is C37H38Cl2FN3O7. The van der Waals surface area contributed by atoms with Crippen molar-refractivity contribution >= 4 is 41.0 Å². The highest BCUT2D eigenvalue weighted by molar-refractivity contribution is 6.35. The second-order valence-corrected chi connectivity index (χ2v) is 13.0. The maximum atomic E-state index is 13.9. The molecule has 3 aliphatic rings. The van der Waals surface area contributed by atoms with Crippen molar-refractivity contribution < 1.29 is 43.4 Å². The van der Waals surface area contributed by atoms with Gasteiger partial charge in [-0.15, -0.1) is 0 Å². The standard InChI is InChI=1S/C37H36Cl2FN3O6.H2O/c1-46-32-11-6-25(17-34(32)47-2)33(18-29-30(38)19-41-20-31(29)39)48-36(44)26-5-3-4-23(16-26)21-43(28-9-7-27(40)8-10-28)37(45)49-35-22-42-14-12-24(35)13-15-42;/h3-11,16-17,19-20,24,33,35H,12-15,18,21-22H2,1-2H3;1H2/t33-,35-;/m0./s1. The van der Waals surface area contributed by atoms with Crippen LogP contribution in [-0.2, 0) is 22.4 Å². The highest BCUT2D eigenvalue weighted by atomic mass is 35.5. The molecule has 3 saturated heterocycles. The highest BCUT2D eigenvalue weighted by Crippen LogP contribution is 2.36. The molecule has 3 aromatic carbocycles. The van der Waals surface area contributed by atoms with Gasteiger partial charge in [0.05, 0.1) is 26.3 Å². The third-order valence-corrected chi connectivity index (χ3v) is 9.80. The van der Waals surface area contributed by atoms with E-state index < -0.39 is 24.0 Å². The summed E-state index contributed by atoms with van der Waals surface area (Å²) in [5, 5.41) is 0.782. The minimum atomic E-state index is -0.805. The molecule has 264 valence electrons. The van der Waals surface area contributed by atoms with Gasteiger partial charge in [0.2, 0.25) is 0 Å². The predicted octanol–water partition coefficient (Wildman–Crippen LogP) is 7.17. The number of anilines is 1. The number of fused-ring (bicyclic) bond motifs is 3. The molecule has 0 spiro atoms. The van der Waals surface area contributed by atoms with Crippen molar-refractivity contribution in [3.05, 3.63) is 117 Å². The summed E-state index contributed by atoms with van der Waals surface area (Å²) in [6.07, 6.45) is 3.83. The molecule has 3 fully saturated rings. The highest BCUT2D eigenvalue weighted by Gasteiger charge is 2.37. The number of piperidine rings is 3. The van der Waals surface area contributed by atoms with Gasteiger partial charge < -0.3 is 24.4 Å². The van der Waals surface area contributed by atoms with E-state index in [9.17, 15) is 14.0 Å². The molecule has 2 atom stereocenters. The van der Waals surface area contributed by atoms with Crippen molar-refractivity contribution in [2.75, 3.05) is 38.8 Å². The molecule has 1 aromatic heterocycles. The Bertz CT molecular complexity index is 1780. The average Bonchev–Trinajstić information content (AvgIpc) is 3.12. The Kier molecular flexibility index (Phi) is 12.2. The topological polar surface area (TPSA) is 122 Å². The van der Waals surface area contributed by atoms with Gasteiger partial charge in [-0.05, 0) is 91.5 Å². The normalized spacial score (nSPS) is 18.4. The number of amides is 1. The van der Waals surface area contributed by atoms with Crippen molar-refractivity contribution in [3.63, 3.8) is 0 Å². The number of methoxy groups -OCH3 is 2. The number of esters is 1. The predicted molar refractivity (Wildman–Crippen MR) is 185 cm³/mol. The molecule has 4 heterocycles. The Morgan fingerprint density at radius 1 is 0.960 bits per heavy atom. The van der Waals surface area contributed by atoms with Crippen LogP contribution in [0.4, 0.5) is 14.9 Å². The zero-order valence-electron chi connectivity index (χ0n) is 27.6. The zero-order chi connectivity index (χ0) is 34.5. The van der Waals surface area contributed by atoms with Crippen molar-refractivity contribution in [2.45, 2.75) is 38.0 Å². The lowest BCUT2D eigenvalue weighted by Gasteiger charge is -2.44. The van der Waals surface area contributed by atoms with Crippen LogP contribution in [0.1, 0.15) is 46.0 Å². The Hall–Kier alpha value is -4.42. The number of hydrogen-bond acceptors (Lipinski definition) is 8. The molecule has 7 rings (SSSR count). The number of nitrogens with zero attached hydrogens (tertiary/aromatic N) is 2. The number of halogens is 3. The number of rotatable bonds is 11. The second kappa shape index (κ2) is 16.5. The van der Waals surface area contributed by atoms with Gasteiger partial charge in [-0.25, -0.2) is 19.0 Å². The van der Waals surface area contributed by atoms with E-state index in [1.165, 1.54) is 43.4 Å². The first-order valence-corrected chi connectivity index (χ1v) is 16.8. The summed E-state index contributed by atoms with van der Waals surface area (Å²) in [4.78, 5) is 34.1. The van der Waals surface area contributed by atoms with Crippen molar-refractivity contribution in [1.29, 1.82) is 0 Å². The van der Waals surface area contributed by atoms with Gasteiger partial charge in [0.25, 0.3) is 0 Å². The number of hydrogen-bond donors (Lipinski definition) is 0. The van der Waals surface area contributed by atoms with E-state index in [1.807, 2.05) is 0 Å². The lowest BCUT2D eigenvalue weighted by molar-refractivity contribution is -0.377. The minimum absolute atomic E-state index is 0. The van der Waals surface area contributed by atoms with E-state index in [1.54, 1.807) is 54.9 Å². The molecule has 0 saturated carbocycles. The summed E-state index contributed by atoms with van der Waals surface area (Å²) in [7, 11) is 3.06. The smallest absolute Gasteiger partial charge is 0.414 e. The molecule has 2 N–H and O–H groups in total. The third-order valence-electron chi connectivity index (χ3n) is 9.13. The Labute approximate surface area is 299 Å². The minimum Gasteiger partial charge on any atom is -0.870 e. The van der Waals surface area contributed by atoms with Crippen LogP contribution in [0, 0.1) is 11.7 Å². The molecule has 50 heavy (non-hydrogen) atoms. The van der Waals surface area contributed by atoms with E-state index in [2.05, 4.69) is 9.88 Å². The molecule has 0 unspecified atom stereocenters. The van der Waals surface area contributed by atoms with Gasteiger partial charge in [0.15, 0.2) is 23.9 Å². The van der Waals surface area contributed by atoms with Crippen LogP contribution in [0.15, 0.2) is 79.1 Å². The molecule has 0 aliphatic carbocycles. The lowest BCUT2D eigenvalue weighted by Crippen LogP contribution is -2.53. The van der Waals surface area contributed by atoms with Crippen molar-refractivity contribution in [2.24, 2.45) is 5.92 Å². The van der Waals surface area contributed by atoms with Crippen LogP contribution in [0.2, 0.25) is 10.0 Å². The van der Waals surface area contributed by atoms with Crippen LogP contribution in [0.3, 0.4) is 0 Å². The Morgan fingerprint density at radius 2 is 1.66 bits per heavy atom. The number of ether oxygens (including phenoxy) is 4. The number of pyridine rings is 1. The maximum absolute atomic E-state index is 13.9. The number of aromatic amines is 1. The molecule has 3 aliphatic heterocycles. The molecular weight excluding hydrogens is 688 g/mol. The number of benzene rings is 3. The summed E-state index contributed by atoms with van der Waals surface area (Å²) in [5.74, 6) is 0.290. The van der Waals surface area contributed by atoms with Crippen molar-refractivity contribution in [1.82, 2.24) is 4.90 Å². The Morgan fingerprint density at radius 3 is 2.30 bits per heavy atom. The first kappa shape index (κ1) is 36.9. The fourth-order valence-corrected chi connectivity index (χ4v) is 6.97. The fraction of sp³-hybridized carbons (Fsp3) is 0.324. The van der Waals surface area contributed by atoms with E-state index >= 15 is 0 Å². The van der Waals surface area contributed by atoms with E-state index in [0.29, 0.717) is 56.4 Å². The lowest BCUT2D eigenvalue weighted by atomic mass is 9.86. The van der Waals surface area contributed by atoms with E-state index in [-0.39, 0.29) is 30.1 Å². The summed E-state index contributed by atoms with van der Waals surface area (Å²) in [6, 6.07) is 17.8. The number of nitrogens with one attached hydrogen (secondary N) is 1. The molecule has 2 bridgehead atoms. The average molecular weight is 727 g/mol. The first-order valence-electron chi connectivity index (χ1n) is 16.0. The molecule has 4 aromatic rings. The molecule has 1 amide bonds. The first-order chi connectivity index (χ1) is 23.7. The van der Waals surface area contributed by atoms with E-state index in [0.717, 1.165) is 25.9 Å². The van der Waals surface area contributed by atoms with Gasteiger partial charge in [-0.2, -0.15) is 0 Å².